The molecule has 1 aromatic carbocycles. The van der Waals surface area contributed by atoms with Gasteiger partial charge in [-0.2, -0.15) is 5.10 Å². The molecule has 0 bridgehead atoms. The lowest BCUT2D eigenvalue weighted by molar-refractivity contribution is 0.0470. The molecule has 0 radical (unpaired) electrons. The number of benzene rings is 1. The molecule has 3 aliphatic heterocycles. The quantitative estimate of drug-likeness (QED) is 0.857. The summed E-state index contributed by atoms with van der Waals surface area (Å²) in [6.07, 6.45) is 0.540. The Labute approximate surface area is 152 Å². The number of nitrogens with one attached hydrogen (secondary N) is 1. The molecule has 2 atom stereocenters. The summed E-state index contributed by atoms with van der Waals surface area (Å²) in [6, 6.07) is 8.19. The minimum Gasteiger partial charge on any atom is -0.454 e. The molecule has 5 rings (SSSR count). The minimum absolute atomic E-state index is 0.139. The number of aliphatic hydroxyl groups excluding tert-OH is 1. The maximum Gasteiger partial charge on any atom is 0.231 e. The number of likely N-dealkylation sites (tertiary alicyclic amines) is 1. The first kappa shape index (κ1) is 16.1. The zero-order valence-electron chi connectivity index (χ0n) is 14.7. The van der Waals surface area contributed by atoms with Crippen LogP contribution in [0.2, 0.25) is 0 Å². The monoisotopic (exact) mass is 356 g/mol. The van der Waals surface area contributed by atoms with Gasteiger partial charge in [0.25, 0.3) is 0 Å². The molecule has 2 aromatic rings. The van der Waals surface area contributed by atoms with Crippen molar-refractivity contribution in [2.75, 3.05) is 26.4 Å². The van der Waals surface area contributed by atoms with Gasteiger partial charge >= 0.3 is 0 Å². The van der Waals surface area contributed by atoms with Crippen molar-refractivity contribution in [3.05, 3.63) is 41.2 Å². The standard InChI is InChI=1S/C19H24N4O3/c24-17-11-22(10-14-8-15-9-20-4-6-23(15)21-14)5-3-16(17)13-1-2-18-19(7-13)26-12-25-18/h1-2,7-8,16-17,20,24H,3-6,9-12H2/t16-,17+/m0/s1. The van der Waals surface area contributed by atoms with Gasteiger partial charge in [-0.15, -0.1) is 0 Å². The van der Waals surface area contributed by atoms with E-state index in [0.29, 0.717) is 6.54 Å². The lowest BCUT2D eigenvalue weighted by Crippen LogP contribution is -2.42. The molecule has 1 fully saturated rings. The second-order valence-electron chi connectivity index (χ2n) is 7.34. The van der Waals surface area contributed by atoms with Crippen LogP contribution >= 0.6 is 0 Å². The van der Waals surface area contributed by atoms with Crippen LogP contribution in [0.1, 0.15) is 29.3 Å². The van der Waals surface area contributed by atoms with Crippen molar-refractivity contribution in [2.24, 2.45) is 0 Å². The van der Waals surface area contributed by atoms with E-state index in [-0.39, 0.29) is 18.8 Å². The molecule has 0 aliphatic carbocycles. The van der Waals surface area contributed by atoms with E-state index in [0.717, 1.165) is 61.9 Å². The third-order valence-corrected chi connectivity index (χ3v) is 5.60. The van der Waals surface area contributed by atoms with Crippen LogP contribution in [0.4, 0.5) is 0 Å². The van der Waals surface area contributed by atoms with Crippen molar-refractivity contribution in [3.63, 3.8) is 0 Å². The Kier molecular flexibility index (Phi) is 4.07. The van der Waals surface area contributed by atoms with Gasteiger partial charge in [-0.3, -0.25) is 9.58 Å². The molecule has 1 saturated heterocycles. The highest BCUT2D eigenvalue weighted by Crippen LogP contribution is 2.37. The Hall–Kier alpha value is -2.09. The highest BCUT2D eigenvalue weighted by molar-refractivity contribution is 5.45. The van der Waals surface area contributed by atoms with Crippen molar-refractivity contribution in [1.82, 2.24) is 20.0 Å². The molecule has 2 N–H and O–H groups in total. The first-order valence-corrected chi connectivity index (χ1v) is 9.32. The molecule has 1 aromatic heterocycles. The number of fused-ring (bicyclic) bond motifs is 2. The van der Waals surface area contributed by atoms with Gasteiger partial charge in [0.05, 0.1) is 24.0 Å². The minimum atomic E-state index is -0.386. The van der Waals surface area contributed by atoms with Crippen LogP contribution in [0.25, 0.3) is 0 Å². The molecule has 138 valence electrons. The molecule has 7 heteroatoms. The highest BCUT2D eigenvalue weighted by atomic mass is 16.7. The van der Waals surface area contributed by atoms with E-state index in [9.17, 15) is 5.11 Å². The fourth-order valence-electron chi connectivity index (χ4n) is 4.23. The maximum absolute atomic E-state index is 10.7. The number of piperidine rings is 1. The smallest absolute Gasteiger partial charge is 0.231 e. The maximum atomic E-state index is 10.7. The fraction of sp³-hybridized carbons (Fsp3) is 0.526. The zero-order valence-corrected chi connectivity index (χ0v) is 14.7. The number of hydrogen-bond acceptors (Lipinski definition) is 6. The summed E-state index contributed by atoms with van der Waals surface area (Å²) in [5.74, 6) is 1.72. The molecule has 7 nitrogen and oxygen atoms in total. The lowest BCUT2D eigenvalue weighted by Gasteiger charge is -2.35. The Morgan fingerprint density at radius 1 is 1.19 bits per heavy atom. The lowest BCUT2D eigenvalue weighted by atomic mass is 9.87. The van der Waals surface area contributed by atoms with Gasteiger partial charge in [-0.1, -0.05) is 6.07 Å². The van der Waals surface area contributed by atoms with E-state index in [1.807, 2.05) is 18.2 Å². The molecular weight excluding hydrogens is 332 g/mol. The third-order valence-electron chi connectivity index (χ3n) is 5.60. The van der Waals surface area contributed by atoms with Crippen LogP contribution in [0.15, 0.2) is 24.3 Å². The molecule has 0 amide bonds. The number of β-amino-alcohol motifs (C(OH)–C–C–N with tert-alkyl or cyclic N) is 1. The van der Waals surface area contributed by atoms with Crippen LogP contribution in [-0.2, 0) is 19.6 Å². The molecule has 3 aliphatic rings. The predicted octanol–water partition coefficient (Wildman–Crippen LogP) is 1.07. The second-order valence-corrected chi connectivity index (χ2v) is 7.34. The molecule has 0 unspecified atom stereocenters. The number of aromatic nitrogens is 2. The van der Waals surface area contributed by atoms with Gasteiger partial charge in [0, 0.05) is 32.1 Å². The Morgan fingerprint density at radius 3 is 3.00 bits per heavy atom. The number of nitrogens with zero attached hydrogens (tertiary/aromatic N) is 3. The van der Waals surface area contributed by atoms with E-state index < -0.39 is 0 Å². The SMILES string of the molecule is O[C@@H]1CN(Cc2cc3n(n2)CCNC3)CC[C@H]1c1ccc2c(c1)OCO2. The van der Waals surface area contributed by atoms with Gasteiger partial charge in [-0.25, -0.2) is 0 Å². The van der Waals surface area contributed by atoms with Crippen LogP contribution < -0.4 is 14.8 Å². The number of aliphatic hydroxyl groups is 1. The number of ether oxygens (including phenoxy) is 2. The van der Waals surface area contributed by atoms with Gasteiger partial charge in [-0.05, 0) is 36.7 Å². The van der Waals surface area contributed by atoms with Gasteiger partial charge < -0.3 is 19.9 Å². The summed E-state index contributed by atoms with van der Waals surface area (Å²) in [7, 11) is 0. The Morgan fingerprint density at radius 2 is 2.12 bits per heavy atom. The predicted molar refractivity (Wildman–Crippen MR) is 95.1 cm³/mol. The summed E-state index contributed by atoms with van der Waals surface area (Å²) in [5.41, 5.74) is 3.48. The fourth-order valence-corrected chi connectivity index (χ4v) is 4.23. The van der Waals surface area contributed by atoms with Crippen molar-refractivity contribution >= 4 is 0 Å². The van der Waals surface area contributed by atoms with E-state index in [1.54, 1.807) is 0 Å². The molecule has 0 spiro atoms. The van der Waals surface area contributed by atoms with Crippen LogP contribution in [0.5, 0.6) is 11.5 Å². The average molecular weight is 356 g/mol. The summed E-state index contributed by atoms with van der Waals surface area (Å²) in [6.45, 7) is 5.50. The Bertz CT molecular complexity index is 783. The van der Waals surface area contributed by atoms with Gasteiger partial charge in [0.15, 0.2) is 11.5 Å². The van der Waals surface area contributed by atoms with E-state index in [2.05, 4.69) is 21.0 Å². The van der Waals surface area contributed by atoms with Crippen LogP contribution in [0.3, 0.4) is 0 Å². The summed E-state index contributed by atoms with van der Waals surface area (Å²) in [5, 5.41) is 18.8. The first-order valence-electron chi connectivity index (χ1n) is 9.32. The average Bonchev–Trinajstić information content (AvgIpc) is 3.27. The molecule has 4 heterocycles. The summed E-state index contributed by atoms with van der Waals surface area (Å²) >= 11 is 0. The summed E-state index contributed by atoms with van der Waals surface area (Å²) in [4.78, 5) is 2.30. The third kappa shape index (κ3) is 2.96. The number of rotatable bonds is 3. The normalized spacial score (nSPS) is 25.3. The number of hydrogen-bond donors (Lipinski definition) is 2. The second kappa shape index (κ2) is 6.57. The molecular formula is C19H24N4O3. The van der Waals surface area contributed by atoms with Crippen molar-refractivity contribution < 1.29 is 14.6 Å². The molecule has 0 saturated carbocycles. The largest absolute Gasteiger partial charge is 0.454 e. The highest BCUT2D eigenvalue weighted by Gasteiger charge is 2.30. The van der Waals surface area contributed by atoms with Crippen molar-refractivity contribution in [1.29, 1.82) is 0 Å². The van der Waals surface area contributed by atoms with Crippen molar-refractivity contribution in [3.8, 4) is 11.5 Å². The van der Waals surface area contributed by atoms with Crippen LogP contribution in [0, 0.1) is 0 Å². The topological polar surface area (TPSA) is 71.8 Å². The van der Waals surface area contributed by atoms with E-state index in [1.165, 1.54) is 5.69 Å². The van der Waals surface area contributed by atoms with Gasteiger partial charge in [0.1, 0.15) is 0 Å². The van der Waals surface area contributed by atoms with Crippen molar-refractivity contribution in [2.45, 2.75) is 38.1 Å². The Balaban J connectivity index is 1.25. The first-order chi connectivity index (χ1) is 12.8. The van der Waals surface area contributed by atoms with E-state index >= 15 is 0 Å². The van der Waals surface area contributed by atoms with Crippen LogP contribution in [-0.4, -0.2) is 52.3 Å². The molecule has 26 heavy (non-hydrogen) atoms. The summed E-state index contributed by atoms with van der Waals surface area (Å²) < 4.78 is 13.0. The van der Waals surface area contributed by atoms with E-state index in [4.69, 9.17) is 14.6 Å². The zero-order chi connectivity index (χ0) is 17.5. The van der Waals surface area contributed by atoms with Gasteiger partial charge in [0.2, 0.25) is 6.79 Å².